The van der Waals surface area contributed by atoms with Crippen molar-refractivity contribution in [1.29, 1.82) is 0 Å². The van der Waals surface area contributed by atoms with E-state index in [9.17, 15) is 12.6 Å². The highest BCUT2D eigenvalue weighted by Crippen LogP contribution is 2.23. The molecule has 21 heteroatoms. The van der Waals surface area contributed by atoms with Gasteiger partial charge in [0.2, 0.25) is 0 Å². The highest BCUT2D eigenvalue weighted by atomic mass is 31.2. The summed E-state index contributed by atoms with van der Waals surface area (Å²) in [6.45, 7) is 0. The van der Waals surface area contributed by atoms with Crippen LogP contribution in [0.25, 0.3) is 0 Å². The summed E-state index contributed by atoms with van der Waals surface area (Å²) in [4.78, 5) is 50.6. The molecule has 0 rings (SSSR count). The zero-order chi connectivity index (χ0) is 13.5. The lowest BCUT2D eigenvalue weighted by atomic mass is 14.0. The van der Waals surface area contributed by atoms with Crippen LogP contribution in [0.4, 0.5) is 12.6 Å². The molecule has 0 aliphatic carbocycles. The molecule has 0 aromatic carbocycles. The normalized spacial score (nSPS) is 8.43. The Bertz CT molecular complexity index is 225. The second-order valence-electron chi connectivity index (χ2n) is 1.29. The van der Waals surface area contributed by atoms with Crippen LogP contribution in [0.3, 0.4) is 0 Å². The maximum Gasteiger partial charge on any atom is 0.110 e. The second kappa shape index (κ2) is 22.3. The third-order valence-corrected chi connectivity index (χ3v) is 0. The maximum absolute atomic E-state index is 10.1. The van der Waals surface area contributed by atoms with E-state index in [2.05, 4.69) is 0 Å². The summed E-state index contributed by atoms with van der Waals surface area (Å²) < 4.78 is 55.7. The minimum Gasteiger partial charge on any atom is -0.786 e. The van der Waals surface area contributed by atoms with Gasteiger partial charge in [0.25, 0.3) is 0 Å². The van der Waals surface area contributed by atoms with Crippen molar-refractivity contribution in [1.82, 2.24) is 36.9 Å². The molecule has 21 heavy (non-hydrogen) atoms. The predicted octanol–water partition coefficient (Wildman–Crippen LogP) is -1.39. The third kappa shape index (κ3) is 687000000000000049655757285915361280. The van der Waals surface area contributed by atoms with Gasteiger partial charge in [-0.05, 0) is 0 Å². The molecule has 0 unspecified atom stereocenters. The Labute approximate surface area is 117 Å². The van der Waals surface area contributed by atoms with E-state index in [1.165, 1.54) is 0 Å². The quantitative estimate of drug-likeness (QED) is 0.259. The van der Waals surface area contributed by atoms with E-state index < -0.39 is 23.7 Å². The minimum atomic E-state index is -5.64. The molecule has 0 heterocycles. The van der Waals surface area contributed by atoms with Gasteiger partial charge in [-0.25, -0.2) is 12.6 Å². The first kappa shape index (κ1) is 58.3. The molecule has 0 spiro atoms. The molecular weight excluding hydrogens is 378 g/mol. The summed E-state index contributed by atoms with van der Waals surface area (Å²) in [5.74, 6) is 0. The third-order valence-electron chi connectivity index (χ3n) is 0. The molecule has 0 radical (unpaired) electrons. The topological polar surface area (TPSA) is 409 Å². The van der Waals surface area contributed by atoms with Crippen LogP contribution in [0, 0.1) is 0 Å². The van der Waals surface area contributed by atoms with Crippen molar-refractivity contribution in [3.8, 4) is 0 Å². The summed E-state index contributed by atoms with van der Waals surface area (Å²) in [7, 11) is -16.9. The average Bonchev–Trinajstić information content (AvgIpc) is 1.41. The molecule has 0 fully saturated rings. The zero-order valence-electron chi connectivity index (χ0n) is 12.1. The summed E-state index contributed by atoms with van der Waals surface area (Å²) in [6, 6.07) is 0. The Morgan fingerprint density at radius 1 is 0.429 bits per heavy atom. The van der Waals surface area contributed by atoms with Gasteiger partial charge in [-0.3, -0.25) is 0 Å². The van der Waals surface area contributed by atoms with Crippen LogP contribution in [-0.2, 0) is 13.7 Å². The summed E-state index contributed by atoms with van der Waals surface area (Å²) in [5, 5.41) is 0. The summed E-state index contributed by atoms with van der Waals surface area (Å²) in [5.41, 5.74) is 0. The standard InChI is InChI=1S/3FH2O3P.6H3N/c3*1-5(2,3)4;;;;;;/h3*(H2,2,3,4);6*1H3. The summed E-state index contributed by atoms with van der Waals surface area (Å²) >= 11 is 0. The van der Waals surface area contributed by atoms with Gasteiger partial charge >= 0.3 is 0 Å². The Kier molecular flexibility index (Phi) is 61.9. The molecule has 144 valence electrons. The Balaban J connectivity index is -0.0000000129. The van der Waals surface area contributed by atoms with Crippen LogP contribution >= 0.6 is 23.7 Å². The lowest BCUT2D eigenvalue weighted by Crippen LogP contribution is -2.07. The molecule has 0 bridgehead atoms. The van der Waals surface area contributed by atoms with E-state index in [0.29, 0.717) is 0 Å². The largest absolute Gasteiger partial charge is 0.786 e. The number of quaternary nitrogens is 6. The van der Waals surface area contributed by atoms with E-state index >= 15 is 0 Å². The monoisotopic (exact) mass is 402 g/mol. The Morgan fingerprint density at radius 2 is 0.429 bits per heavy atom. The van der Waals surface area contributed by atoms with E-state index in [0.717, 1.165) is 0 Å². The van der Waals surface area contributed by atoms with Crippen LogP contribution in [0.2, 0.25) is 0 Å². The predicted molar refractivity (Wildman–Crippen MR) is 62.1 cm³/mol. The van der Waals surface area contributed by atoms with Crippen molar-refractivity contribution in [3.05, 3.63) is 0 Å². The molecule has 0 aliphatic rings. The SMILES string of the molecule is O=P([O-])([O-])F.O=P([O-])([O-])F.O=P([O-])([O-])F.[NH4+].[NH4+].[NH4+].[NH4+].[NH4+].[NH4+]. The van der Waals surface area contributed by atoms with Gasteiger partial charge in [-0.2, -0.15) is 0 Å². The van der Waals surface area contributed by atoms with Crippen molar-refractivity contribution in [2.75, 3.05) is 0 Å². The number of hydrogen-bond donors (Lipinski definition) is 6. The lowest BCUT2D eigenvalue weighted by molar-refractivity contribution is -0.330. The van der Waals surface area contributed by atoms with E-state index in [1.54, 1.807) is 0 Å². The zero-order valence-corrected chi connectivity index (χ0v) is 14.8. The molecular formula is H24F3N6O9P3. The first-order chi connectivity index (χ1) is 6.00. The van der Waals surface area contributed by atoms with Crippen molar-refractivity contribution < 1.29 is 55.6 Å². The molecule has 0 amide bonds. The van der Waals surface area contributed by atoms with Crippen LogP contribution < -0.4 is 66.3 Å². The minimum absolute atomic E-state index is 0. The number of rotatable bonds is 0. The highest BCUT2D eigenvalue weighted by Gasteiger charge is 1.70. The molecule has 0 aromatic heterocycles. The van der Waals surface area contributed by atoms with Crippen LogP contribution in [0.15, 0.2) is 0 Å². The smallest absolute Gasteiger partial charge is 0.110 e. The molecule has 15 nitrogen and oxygen atoms in total. The van der Waals surface area contributed by atoms with E-state index in [4.69, 9.17) is 43.1 Å². The van der Waals surface area contributed by atoms with Crippen LogP contribution in [0.5, 0.6) is 0 Å². The number of halogens is 3. The molecule has 0 saturated carbocycles. The van der Waals surface area contributed by atoms with Crippen molar-refractivity contribution in [3.63, 3.8) is 0 Å². The van der Waals surface area contributed by atoms with Gasteiger partial charge in [0, 0.05) is 0 Å². The molecule has 0 saturated heterocycles. The fourth-order valence-electron chi connectivity index (χ4n) is 0. The Morgan fingerprint density at radius 3 is 0.429 bits per heavy atom. The molecule has 0 atom stereocenters. The maximum atomic E-state index is 10.1. The Hall–Kier alpha value is -0.0000000000000000971. The van der Waals surface area contributed by atoms with Crippen LogP contribution in [-0.4, -0.2) is 0 Å². The number of hydrogen-bond acceptors (Lipinski definition) is 9. The van der Waals surface area contributed by atoms with Gasteiger partial charge in [0.1, 0.15) is 23.7 Å². The van der Waals surface area contributed by atoms with Gasteiger partial charge in [-0.1, -0.05) is 0 Å². The van der Waals surface area contributed by atoms with Gasteiger partial charge in [0.05, 0.1) is 0 Å². The first-order valence-corrected chi connectivity index (χ1v) is 6.45. The highest BCUT2D eigenvalue weighted by molar-refractivity contribution is 7.43. The van der Waals surface area contributed by atoms with Crippen molar-refractivity contribution in [2.45, 2.75) is 0 Å². The molecule has 0 aliphatic heterocycles. The van der Waals surface area contributed by atoms with Crippen molar-refractivity contribution in [2.24, 2.45) is 0 Å². The fraction of sp³-hybridized carbons (Fsp3) is 0. The molecule has 24 N–H and O–H groups in total. The van der Waals surface area contributed by atoms with E-state index in [1.807, 2.05) is 0 Å². The van der Waals surface area contributed by atoms with Crippen molar-refractivity contribution >= 4 is 23.7 Å². The van der Waals surface area contributed by atoms with Gasteiger partial charge < -0.3 is 80.0 Å². The second-order valence-corrected chi connectivity index (χ2v) is 3.88. The van der Waals surface area contributed by atoms with Gasteiger partial charge in [-0.15, -0.1) is 0 Å². The fourth-order valence-corrected chi connectivity index (χ4v) is 0. The first-order valence-electron chi connectivity index (χ1n) is 2.15. The summed E-state index contributed by atoms with van der Waals surface area (Å²) in [6.07, 6.45) is 0. The van der Waals surface area contributed by atoms with E-state index in [-0.39, 0.29) is 36.9 Å². The van der Waals surface area contributed by atoms with Crippen LogP contribution in [0.1, 0.15) is 0 Å². The van der Waals surface area contributed by atoms with Gasteiger partial charge in [0.15, 0.2) is 0 Å². The molecule has 0 aromatic rings. The average molecular weight is 402 g/mol. The lowest BCUT2D eigenvalue weighted by Gasteiger charge is -2.15.